The van der Waals surface area contributed by atoms with Crippen LogP contribution in [0.2, 0.25) is 0 Å². The summed E-state index contributed by atoms with van der Waals surface area (Å²) in [6.07, 6.45) is -4.92. The molecule has 6 heteroatoms. The van der Waals surface area contributed by atoms with Crippen LogP contribution in [0.25, 0.3) is 0 Å². The van der Waals surface area contributed by atoms with E-state index in [0.717, 1.165) is 15.7 Å². The summed E-state index contributed by atoms with van der Waals surface area (Å²) in [4.78, 5) is 1.62. The third-order valence-corrected chi connectivity index (χ3v) is 3.42. The standard InChI is InChI=1S/C11H12Br2F3N/c1-17(5-4-11(14,15)16)10-3-2-9(13)6-8(10)7-12/h2-3,6H,4-5,7H2,1H3. The molecule has 0 saturated carbocycles. The Bertz CT molecular complexity index is 379. The van der Waals surface area contributed by atoms with E-state index in [0.29, 0.717) is 5.33 Å². The summed E-state index contributed by atoms with van der Waals surface area (Å²) in [5, 5.41) is 0.609. The third kappa shape index (κ3) is 4.87. The summed E-state index contributed by atoms with van der Waals surface area (Å²) in [5.41, 5.74) is 1.78. The van der Waals surface area contributed by atoms with Gasteiger partial charge in [-0.1, -0.05) is 31.9 Å². The van der Waals surface area contributed by atoms with Crippen molar-refractivity contribution in [3.05, 3.63) is 28.2 Å². The molecule has 1 rings (SSSR count). The molecule has 0 fully saturated rings. The first-order chi connectivity index (χ1) is 7.83. The molecule has 0 aliphatic rings. The molecule has 1 aromatic carbocycles. The normalized spacial score (nSPS) is 11.6. The molecule has 0 radical (unpaired) electrons. The summed E-state index contributed by atoms with van der Waals surface area (Å²) in [7, 11) is 1.67. The maximum atomic E-state index is 12.1. The van der Waals surface area contributed by atoms with Crippen molar-refractivity contribution >= 4 is 37.5 Å². The highest BCUT2D eigenvalue weighted by Crippen LogP contribution is 2.27. The van der Waals surface area contributed by atoms with Crippen LogP contribution in [0.5, 0.6) is 0 Å². The van der Waals surface area contributed by atoms with Crippen LogP contribution in [0.15, 0.2) is 22.7 Å². The van der Waals surface area contributed by atoms with Gasteiger partial charge in [0.05, 0.1) is 6.42 Å². The predicted octanol–water partition coefficient (Wildman–Crippen LogP) is 4.73. The lowest BCUT2D eigenvalue weighted by Crippen LogP contribution is -2.24. The summed E-state index contributed by atoms with van der Waals surface area (Å²) in [6.45, 7) is -0.0366. The van der Waals surface area contributed by atoms with Crippen LogP contribution in [0.1, 0.15) is 12.0 Å². The van der Waals surface area contributed by atoms with Crippen molar-refractivity contribution in [1.82, 2.24) is 0 Å². The predicted molar refractivity (Wildman–Crippen MR) is 70.7 cm³/mol. The van der Waals surface area contributed by atoms with E-state index in [9.17, 15) is 13.2 Å². The first-order valence-corrected chi connectivity index (χ1v) is 6.87. The van der Waals surface area contributed by atoms with Gasteiger partial charge in [-0.3, -0.25) is 0 Å². The molecule has 0 aliphatic carbocycles. The summed E-state index contributed by atoms with van der Waals surface area (Å²) in [6, 6.07) is 5.54. The topological polar surface area (TPSA) is 3.24 Å². The van der Waals surface area contributed by atoms with E-state index in [1.807, 2.05) is 18.2 Å². The van der Waals surface area contributed by atoms with Crippen molar-refractivity contribution in [3.63, 3.8) is 0 Å². The first-order valence-electron chi connectivity index (χ1n) is 4.96. The average Bonchev–Trinajstić information content (AvgIpc) is 2.24. The smallest absolute Gasteiger partial charge is 0.374 e. The van der Waals surface area contributed by atoms with Gasteiger partial charge in [0.25, 0.3) is 0 Å². The Kier molecular flexibility index (Phi) is 5.31. The monoisotopic (exact) mass is 373 g/mol. The lowest BCUT2D eigenvalue weighted by Gasteiger charge is -2.22. The van der Waals surface area contributed by atoms with Crippen molar-refractivity contribution in [2.45, 2.75) is 17.9 Å². The molecule has 0 amide bonds. The average molecular weight is 375 g/mol. The molecular formula is C11H12Br2F3N. The third-order valence-electron chi connectivity index (χ3n) is 2.33. The van der Waals surface area contributed by atoms with Crippen molar-refractivity contribution in [2.75, 3.05) is 18.5 Å². The minimum absolute atomic E-state index is 0.0366. The van der Waals surface area contributed by atoms with Crippen LogP contribution in [0, 0.1) is 0 Å². The van der Waals surface area contributed by atoms with Crippen LogP contribution < -0.4 is 4.90 Å². The summed E-state index contributed by atoms with van der Waals surface area (Å²) in [5.74, 6) is 0. The van der Waals surface area contributed by atoms with E-state index in [4.69, 9.17) is 0 Å². The van der Waals surface area contributed by atoms with Gasteiger partial charge < -0.3 is 4.90 Å². The van der Waals surface area contributed by atoms with Crippen molar-refractivity contribution in [2.24, 2.45) is 0 Å². The molecule has 0 aromatic heterocycles. The molecule has 17 heavy (non-hydrogen) atoms. The number of hydrogen-bond acceptors (Lipinski definition) is 1. The largest absolute Gasteiger partial charge is 0.390 e. The number of anilines is 1. The Morgan fingerprint density at radius 3 is 2.47 bits per heavy atom. The lowest BCUT2D eigenvalue weighted by molar-refractivity contribution is -0.132. The van der Waals surface area contributed by atoms with E-state index < -0.39 is 12.6 Å². The minimum atomic E-state index is -4.11. The highest BCUT2D eigenvalue weighted by atomic mass is 79.9. The number of benzene rings is 1. The van der Waals surface area contributed by atoms with E-state index in [1.165, 1.54) is 0 Å². The second-order valence-electron chi connectivity index (χ2n) is 3.69. The van der Waals surface area contributed by atoms with Crippen LogP contribution in [0.4, 0.5) is 18.9 Å². The van der Waals surface area contributed by atoms with Gasteiger partial charge in [0, 0.05) is 29.1 Å². The first kappa shape index (κ1) is 14.8. The Hall–Kier alpha value is -0.230. The number of hydrogen-bond donors (Lipinski definition) is 0. The molecule has 0 spiro atoms. The maximum Gasteiger partial charge on any atom is 0.390 e. The molecule has 0 N–H and O–H groups in total. The Morgan fingerprint density at radius 2 is 1.94 bits per heavy atom. The lowest BCUT2D eigenvalue weighted by atomic mass is 10.2. The Labute approximate surface area is 115 Å². The number of alkyl halides is 4. The molecule has 0 unspecified atom stereocenters. The van der Waals surface area contributed by atoms with Crippen LogP contribution in [-0.4, -0.2) is 19.8 Å². The zero-order valence-electron chi connectivity index (χ0n) is 9.19. The summed E-state index contributed by atoms with van der Waals surface area (Å²) < 4.78 is 37.3. The van der Waals surface area contributed by atoms with E-state index >= 15 is 0 Å². The zero-order chi connectivity index (χ0) is 13.1. The maximum absolute atomic E-state index is 12.1. The van der Waals surface area contributed by atoms with Crippen molar-refractivity contribution < 1.29 is 13.2 Å². The van der Waals surface area contributed by atoms with Crippen molar-refractivity contribution in [3.8, 4) is 0 Å². The fourth-order valence-corrected chi connectivity index (χ4v) is 2.31. The highest BCUT2D eigenvalue weighted by molar-refractivity contribution is 9.10. The SMILES string of the molecule is CN(CCC(F)(F)F)c1ccc(Br)cc1CBr. The fourth-order valence-electron chi connectivity index (χ4n) is 1.45. The molecule has 0 bridgehead atoms. The van der Waals surface area contributed by atoms with E-state index in [-0.39, 0.29) is 6.54 Å². The van der Waals surface area contributed by atoms with E-state index in [1.54, 1.807) is 11.9 Å². The molecule has 0 aliphatic heterocycles. The van der Waals surface area contributed by atoms with Crippen molar-refractivity contribution in [1.29, 1.82) is 0 Å². The number of rotatable bonds is 4. The molecular weight excluding hydrogens is 363 g/mol. The van der Waals surface area contributed by atoms with Crippen LogP contribution >= 0.6 is 31.9 Å². The molecule has 0 saturated heterocycles. The van der Waals surface area contributed by atoms with Gasteiger partial charge in [-0.25, -0.2) is 0 Å². The minimum Gasteiger partial charge on any atom is -0.374 e. The van der Waals surface area contributed by atoms with Crippen LogP contribution in [-0.2, 0) is 5.33 Å². The highest BCUT2D eigenvalue weighted by Gasteiger charge is 2.27. The zero-order valence-corrected chi connectivity index (χ0v) is 12.4. The molecule has 1 aromatic rings. The summed E-state index contributed by atoms with van der Waals surface area (Å²) >= 11 is 6.67. The molecule has 96 valence electrons. The quantitative estimate of drug-likeness (QED) is 0.688. The second-order valence-corrected chi connectivity index (χ2v) is 5.17. The Morgan fingerprint density at radius 1 is 1.29 bits per heavy atom. The van der Waals surface area contributed by atoms with Gasteiger partial charge in [0.15, 0.2) is 0 Å². The number of halogens is 5. The molecule has 1 nitrogen and oxygen atoms in total. The van der Waals surface area contributed by atoms with Gasteiger partial charge in [-0.15, -0.1) is 0 Å². The van der Waals surface area contributed by atoms with E-state index in [2.05, 4.69) is 31.9 Å². The van der Waals surface area contributed by atoms with Crippen LogP contribution in [0.3, 0.4) is 0 Å². The molecule has 0 atom stereocenters. The second kappa shape index (κ2) is 6.09. The van der Waals surface area contributed by atoms with Gasteiger partial charge in [0.2, 0.25) is 0 Å². The van der Waals surface area contributed by atoms with Gasteiger partial charge in [-0.05, 0) is 23.8 Å². The van der Waals surface area contributed by atoms with Gasteiger partial charge in [-0.2, -0.15) is 13.2 Å². The Balaban J connectivity index is 2.78. The number of nitrogens with zero attached hydrogens (tertiary/aromatic N) is 1. The van der Waals surface area contributed by atoms with Gasteiger partial charge in [0.1, 0.15) is 0 Å². The fraction of sp³-hybridized carbons (Fsp3) is 0.455. The van der Waals surface area contributed by atoms with Gasteiger partial charge >= 0.3 is 6.18 Å². The molecule has 0 heterocycles.